The smallest absolute Gasteiger partial charge is 0.303 e. The van der Waals surface area contributed by atoms with Gasteiger partial charge in [-0.15, -0.1) is 17.0 Å². The predicted molar refractivity (Wildman–Crippen MR) is 110 cm³/mol. The number of nitrogens with zero attached hydrogens (tertiary/aromatic N) is 1. The van der Waals surface area contributed by atoms with Crippen LogP contribution < -0.4 is 4.90 Å². The van der Waals surface area contributed by atoms with Gasteiger partial charge >= 0.3 is 5.97 Å². The SMILES string of the molecule is Br.CC1N(CCCCCC(=O)O)c2ccc3ccccc3c2C1(C)C. The first-order valence-corrected chi connectivity index (χ1v) is 8.93. The highest BCUT2D eigenvalue weighted by molar-refractivity contribution is 8.93. The van der Waals surface area contributed by atoms with Crippen LogP contribution in [0.5, 0.6) is 0 Å². The summed E-state index contributed by atoms with van der Waals surface area (Å²) >= 11 is 0. The number of hydrogen-bond donors (Lipinski definition) is 1. The maximum Gasteiger partial charge on any atom is 0.303 e. The Labute approximate surface area is 160 Å². The average molecular weight is 406 g/mol. The van der Waals surface area contributed by atoms with Crippen LogP contribution in [-0.2, 0) is 10.2 Å². The molecule has 1 atom stereocenters. The van der Waals surface area contributed by atoms with Crippen LogP contribution in [0.1, 0.15) is 52.0 Å². The number of halogens is 1. The lowest BCUT2D eigenvalue weighted by molar-refractivity contribution is -0.137. The Bertz CT molecular complexity index is 757. The molecule has 3 nitrogen and oxygen atoms in total. The molecule has 2 aromatic rings. The summed E-state index contributed by atoms with van der Waals surface area (Å²) in [7, 11) is 0. The van der Waals surface area contributed by atoms with E-state index in [2.05, 4.69) is 62.1 Å². The van der Waals surface area contributed by atoms with E-state index in [-0.39, 0.29) is 28.8 Å². The topological polar surface area (TPSA) is 40.5 Å². The number of carboxylic acids is 1. The highest BCUT2D eigenvalue weighted by Gasteiger charge is 2.42. The molecule has 0 radical (unpaired) electrons. The molecule has 0 bridgehead atoms. The van der Waals surface area contributed by atoms with Crippen molar-refractivity contribution < 1.29 is 9.90 Å². The predicted octanol–water partition coefficient (Wildman–Crippen LogP) is 5.55. The molecule has 136 valence electrons. The molecule has 1 heterocycles. The van der Waals surface area contributed by atoms with E-state index in [1.807, 2.05) is 0 Å². The Kier molecular flexibility index (Phi) is 6.15. The molecule has 2 aromatic carbocycles. The maximum absolute atomic E-state index is 10.6. The Morgan fingerprint density at radius 2 is 1.84 bits per heavy atom. The van der Waals surface area contributed by atoms with Crippen molar-refractivity contribution in [3.05, 3.63) is 42.0 Å². The van der Waals surface area contributed by atoms with E-state index in [1.165, 1.54) is 22.0 Å². The van der Waals surface area contributed by atoms with Gasteiger partial charge in [0.2, 0.25) is 0 Å². The molecule has 1 unspecified atom stereocenters. The van der Waals surface area contributed by atoms with Crippen molar-refractivity contribution in [1.82, 2.24) is 0 Å². The number of aliphatic carboxylic acids is 1. The number of unbranched alkanes of at least 4 members (excludes halogenated alkanes) is 2. The van der Waals surface area contributed by atoms with Gasteiger partial charge in [-0.3, -0.25) is 4.79 Å². The molecule has 4 heteroatoms. The molecule has 0 amide bonds. The van der Waals surface area contributed by atoms with Crippen LogP contribution in [0.25, 0.3) is 10.8 Å². The van der Waals surface area contributed by atoms with Crippen molar-refractivity contribution in [1.29, 1.82) is 0 Å². The van der Waals surface area contributed by atoms with Gasteiger partial charge in [0.05, 0.1) is 0 Å². The Hall–Kier alpha value is -1.55. The van der Waals surface area contributed by atoms with Crippen molar-refractivity contribution in [3.8, 4) is 0 Å². The molecule has 0 aromatic heterocycles. The van der Waals surface area contributed by atoms with Crippen LogP contribution in [0.15, 0.2) is 36.4 Å². The van der Waals surface area contributed by atoms with Gasteiger partial charge in [0.1, 0.15) is 0 Å². The molecule has 1 aliphatic rings. The zero-order valence-corrected chi connectivity index (χ0v) is 17.0. The standard InChI is InChI=1S/C21H27NO2.BrH/c1-15-21(2,3)20-17-10-7-6-9-16(17)12-13-18(20)22(15)14-8-4-5-11-19(23)24;/h6-7,9-10,12-13,15H,4-5,8,11,14H2,1-3H3,(H,23,24);1H. The van der Waals surface area contributed by atoms with Crippen LogP contribution in [0.2, 0.25) is 0 Å². The number of benzene rings is 2. The third-order valence-electron chi connectivity index (χ3n) is 5.66. The van der Waals surface area contributed by atoms with E-state index in [4.69, 9.17) is 5.11 Å². The van der Waals surface area contributed by atoms with Gasteiger partial charge in [0.15, 0.2) is 0 Å². The number of rotatable bonds is 6. The molecule has 0 aliphatic carbocycles. The molecule has 3 rings (SSSR count). The largest absolute Gasteiger partial charge is 0.481 e. The van der Waals surface area contributed by atoms with Crippen LogP contribution in [0.4, 0.5) is 5.69 Å². The molecular formula is C21H28BrNO2. The van der Waals surface area contributed by atoms with Crippen LogP contribution >= 0.6 is 17.0 Å². The molecule has 1 aliphatic heterocycles. The molecular weight excluding hydrogens is 378 g/mol. The summed E-state index contributed by atoms with van der Waals surface area (Å²) in [6, 6.07) is 13.6. The van der Waals surface area contributed by atoms with E-state index >= 15 is 0 Å². The second-order valence-electron chi connectivity index (χ2n) is 7.48. The van der Waals surface area contributed by atoms with Gasteiger partial charge in [0.25, 0.3) is 0 Å². The molecule has 0 spiro atoms. The fourth-order valence-electron chi connectivity index (χ4n) is 4.03. The minimum atomic E-state index is -0.692. The summed E-state index contributed by atoms with van der Waals surface area (Å²) in [6.07, 6.45) is 3.06. The second-order valence-corrected chi connectivity index (χ2v) is 7.48. The average Bonchev–Trinajstić information content (AvgIpc) is 2.75. The zero-order chi connectivity index (χ0) is 17.3. The summed E-state index contributed by atoms with van der Waals surface area (Å²) in [5, 5.41) is 11.4. The fourth-order valence-corrected chi connectivity index (χ4v) is 4.03. The number of anilines is 1. The third kappa shape index (κ3) is 3.69. The van der Waals surface area contributed by atoms with Gasteiger partial charge in [-0.2, -0.15) is 0 Å². The lowest BCUT2D eigenvalue weighted by Gasteiger charge is -2.31. The van der Waals surface area contributed by atoms with E-state index in [0.717, 1.165) is 25.8 Å². The molecule has 0 saturated heterocycles. The number of fused-ring (bicyclic) bond motifs is 3. The first-order chi connectivity index (χ1) is 11.4. The normalized spacial score (nSPS) is 18.0. The van der Waals surface area contributed by atoms with Gasteiger partial charge in [-0.25, -0.2) is 0 Å². The molecule has 1 N–H and O–H groups in total. The monoisotopic (exact) mass is 405 g/mol. The third-order valence-corrected chi connectivity index (χ3v) is 5.66. The van der Waals surface area contributed by atoms with Gasteiger partial charge < -0.3 is 10.0 Å². The molecule has 0 saturated carbocycles. The summed E-state index contributed by atoms with van der Waals surface area (Å²) in [5.74, 6) is -0.692. The minimum absolute atomic E-state index is 0. The van der Waals surface area contributed by atoms with Crippen molar-refractivity contribution in [2.45, 2.75) is 57.9 Å². The highest BCUT2D eigenvalue weighted by atomic mass is 79.9. The summed E-state index contributed by atoms with van der Waals surface area (Å²) in [5.41, 5.74) is 2.92. The highest BCUT2D eigenvalue weighted by Crippen LogP contribution is 2.48. The zero-order valence-electron chi connectivity index (χ0n) is 15.3. The van der Waals surface area contributed by atoms with E-state index in [0.29, 0.717) is 6.04 Å². The van der Waals surface area contributed by atoms with Gasteiger partial charge in [-0.05, 0) is 42.2 Å². The Balaban J connectivity index is 0.00000225. The van der Waals surface area contributed by atoms with Gasteiger partial charge in [0, 0.05) is 30.1 Å². The number of carbonyl (C=O) groups is 1. The second kappa shape index (κ2) is 7.77. The maximum atomic E-state index is 10.6. The lowest BCUT2D eigenvalue weighted by atomic mass is 9.79. The van der Waals surface area contributed by atoms with Crippen LogP contribution in [0.3, 0.4) is 0 Å². The lowest BCUT2D eigenvalue weighted by Crippen LogP contribution is -2.39. The van der Waals surface area contributed by atoms with E-state index in [9.17, 15) is 4.79 Å². The number of carboxylic acid groups (broad SMARTS) is 1. The summed E-state index contributed by atoms with van der Waals surface area (Å²) < 4.78 is 0. The van der Waals surface area contributed by atoms with Gasteiger partial charge in [-0.1, -0.05) is 50.6 Å². The van der Waals surface area contributed by atoms with Crippen LogP contribution in [0, 0.1) is 0 Å². The van der Waals surface area contributed by atoms with Crippen molar-refractivity contribution in [3.63, 3.8) is 0 Å². The van der Waals surface area contributed by atoms with Crippen molar-refractivity contribution >= 4 is 39.4 Å². The molecule has 0 fully saturated rings. The quantitative estimate of drug-likeness (QED) is 0.640. The summed E-state index contributed by atoms with van der Waals surface area (Å²) in [6.45, 7) is 7.99. The van der Waals surface area contributed by atoms with E-state index < -0.39 is 5.97 Å². The van der Waals surface area contributed by atoms with Crippen molar-refractivity contribution in [2.75, 3.05) is 11.4 Å². The Morgan fingerprint density at radius 3 is 2.56 bits per heavy atom. The Morgan fingerprint density at radius 1 is 1.12 bits per heavy atom. The minimum Gasteiger partial charge on any atom is -0.481 e. The van der Waals surface area contributed by atoms with Crippen LogP contribution in [-0.4, -0.2) is 23.7 Å². The van der Waals surface area contributed by atoms with Crippen molar-refractivity contribution in [2.24, 2.45) is 0 Å². The fraction of sp³-hybridized carbons (Fsp3) is 0.476. The first kappa shape index (κ1) is 19.8. The first-order valence-electron chi connectivity index (χ1n) is 8.93. The summed E-state index contributed by atoms with van der Waals surface area (Å²) in [4.78, 5) is 13.1. The molecule has 25 heavy (non-hydrogen) atoms. The number of hydrogen-bond acceptors (Lipinski definition) is 2. The van der Waals surface area contributed by atoms with E-state index in [1.54, 1.807) is 0 Å².